The average molecular weight is 202 g/mol. The SMILES string of the molecule is CCC1CC1.Fc1ccc(F)c(F)c1. The average Bonchev–Trinajstić information content (AvgIpc) is 2.96. The second-order valence-corrected chi connectivity index (χ2v) is 3.41. The van der Waals surface area contributed by atoms with Gasteiger partial charge in [-0.1, -0.05) is 26.2 Å². The zero-order valence-electron chi connectivity index (χ0n) is 8.06. The van der Waals surface area contributed by atoms with E-state index in [4.69, 9.17) is 0 Å². The Labute approximate surface area is 81.8 Å². The summed E-state index contributed by atoms with van der Waals surface area (Å²) in [5.41, 5.74) is 0. The van der Waals surface area contributed by atoms with Gasteiger partial charge in [-0.05, 0) is 18.1 Å². The van der Waals surface area contributed by atoms with Crippen LogP contribution < -0.4 is 0 Å². The number of benzene rings is 1. The summed E-state index contributed by atoms with van der Waals surface area (Å²) in [6.07, 6.45) is 4.44. The van der Waals surface area contributed by atoms with Crippen LogP contribution in [0.1, 0.15) is 26.2 Å². The number of hydrogen-bond acceptors (Lipinski definition) is 0. The Kier molecular flexibility index (Phi) is 3.98. The predicted octanol–water partition coefficient (Wildman–Crippen LogP) is 3.91. The second kappa shape index (κ2) is 5.03. The summed E-state index contributed by atoms with van der Waals surface area (Å²) in [6.45, 7) is 2.26. The van der Waals surface area contributed by atoms with Crippen molar-refractivity contribution in [2.24, 2.45) is 5.92 Å². The fourth-order valence-corrected chi connectivity index (χ4v) is 0.997. The van der Waals surface area contributed by atoms with Crippen molar-refractivity contribution < 1.29 is 13.2 Å². The van der Waals surface area contributed by atoms with Crippen molar-refractivity contribution in [3.63, 3.8) is 0 Å². The van der Waals surface area contributed by atoms with E-state index in [1.165, 1.54) is 19.3 Å². The molecule has 0 nitrogen and oxygen atoms in total. The summed E-state index contributed by atoms with van der Waals surface area (Å²) in [4.78, 5) is 0. The van der Waals surface area contributed by atoms with Crippen molar-refractivity contribution in [2.75, 3.05) is 0 Å². The standard InChI is InChI=1S/C6H3F3.C5H10/c7-4-1-2-5(8)6(9)3-4;1-2-5-3-4-5/h1-3H;5H,2-4H2,1H3. The van der Waals surface area contributed by atoms with Crippen molar-refractivity contribution >= 4 is 0 Å². The van der Waals surface area contributed by atoms with Crippen molar-refractivity contribution in [1.29, 1.82) is 0 Å². The third kappa shape index (κ3) is 3.81. The Balaban J connectivity index is 0.000000165. The first-order valence-electron chi connectivity index (χ1n) is 4.74. The van der Waals surface area contributed by atoms with Crippen LogP contribution in [0.25, 0.3) is 0 Å². The molecule has 78 valence electrons. The van der Waals surface area contributed by atoms with Crippen LogP contribution in [0.2, 0.25) is 0 Å². The van der Waals surface area contributed by atoms with Crippen LogP contribution >= 0.6 is 0 Å². The lowest BCUT2D eigenvalue weighted by atomic mass is 10.3. The maximum absolute atomic E-state index is 12.0. The normalized spacial score (nSPS) is 14.6. The van der Waals surface area contributed by atoms with E-state index in [0.29, 0.717) is 6.07 Å². The Bertz CT molecular complexity index is 293. The predicted molar refractivity (Wildman–Crippen MR) is 49.3 cm³/mol. The molecule has 0 radical (unpaired) electrons. The lowest BCUT2D eigenvalue weighted by Crippen LogP contribution is -1.83. The first kappa shape index (κ1) is 11.1. The molecule has 3 heteroatoms. The lowest BCUT2D eigenvalue weighted by Gasteiger charge is -1.88. The minimum atomic E-state index is -1.16. The van der Waals surface area contributed by atoms with Crippen molar-refractivity contribution in [1.82, 2.24) is 0 Å². The quantitative estimate of drug-likeness (QED) is 0.605. The van der Waals surface area contributed by atoms with Crippen molar-refractivity contribution in [2.45, 2.75) is 26.2 Å². The fraction of sp³-hybridized carbons (Fsp3) is 0.455. The summed E-state index contributed by atoms with van der Waals surface area (Å²) in [5, 5.41) is 0. The monoisotopic (exact) mass is 202 g/mol. The van der Waals surface area contributed by atoms with E-state index in [0.717, 1.165) is 18.1 Å². The van der Waals surface area contributed by atoms with E-state index >= 15 is 0 Å². The van der Waals surface area contributed by atoms with E-state index in [9.17, 15) is 13.2 Å². The Morgan fingerprint density at radius 2 is 1.79 bits per heavy atom. The van der Waals surface area contributed by atoms with Crippen molar-refractivity contribution in [3.05, 3.63) is 35.7 Å². The smallest absolute Gasteiger partial charge is 0.161 e. The van der Waals surface area contributed by atoms with Gasteiger partial charge in [0.25, 0.3) is 0 Å². The second-order valence-electron chi connectivity index (χ2n) is 3.41. The highest BCUT2D eigenvalue weighted by molar-refractivity contribution is 5.07. The Hall–Kier alpha value is -0.990. The molecule has 1 aliphatic carbocycles. The molecule has 0 unspecified atom stereocenters. The molecule has 0 bridgehead atoms. The first-order valence-corrected chi connectivity index (χ1v) is 4.74. The molecule has 0 spiro atoms. The summed E-state index contributed by atoms with van der Waals surface area (Å²) < 4.78 is 35.9. The van der Waals surface area contributed by atoms with Gasteiger partial charge in [0.05, 0.1) is 0 Å². The van der Waals surface area contributed by atoms with E-state index < -0.39 is 17.5 Å². The molecule has 0 aliphatic heterocycles. The van der Waals surface area contributed by atoms with Crippen LogP contribution in [-0.4, -0.2) is 0 Å². The van der Waals surface area contributed by atoms with E-state index in [-0.39, 0.29) is 0 Å². The van der Waals surface area contributed by atoms with Gasteiger partial charge in [-0.25, -0.2) is 13.2 Å². The molecule has 1 fully saturated rings. The zero-order valence-corrected chi connectivity index (χ0v) is 8.06. The maximum Gasteiger partial charge on any atom is 0.161 e. The molecule has 0 heterocycles. The van der Waals surface area contributed by atoms with Crippen molar-refractivity contribution in [3.8, 4) is 0 Å². The minimum Gasteiger partial charge on any atom is -0.207 e. The van der Waals surface area contributed by atoms with Gasteiger partial charge >= 0.3 is 0 Å². The number of rotatable bonds is 1. The molecule has 2 rings (SSSR count). The first-order chi connectivity index (χ1) is 6.63. The topological polar surface area (TPSA) is 0 Å². The van der Waals surface area contributed by atoms with Gasteiger partial charge in [-0.2, -0.15) is 0 Å². The molecular weight excluding hydrogens is 189 g/mol. The highest BCUT2D eigenvalue weighted by Crippen LogP contribution is 2.31. The summed E-state index contributed by atoms with van der Waals surface area (Å²) in [6, 6.07) is 2.10. The third-order valence-corrected chi connectivity index (χ3v) is 2.16. The van der Waals surface area contributed by atoms with Crippen LogP contribution in [0.5, 0.6) is 0 Å². The van der Waals surface area contributed by atoms with E-state index in [1.54, 1.807) is 0 Å². The molecule has 0 saturated heterocycles. The molecule has 1 aliphatic rings. The van der Waals surface area contributed by atoms with Gasteiger partial charge in [0.15, 0.2) is 11.6 Å². The molecule has 0 aromatic heterocycles. The molecule has 0 amide bonds. The van der Waals surface area contributed by atoms with Crippen LogP contribution in [0.4, 0.5) is 13.2 Å². The van der Waals surface area contributed by atoms with Crippen LogP contribution in [0.3, 0.4) is 0 Å². The highest BCUT2D eigenvalue weighted by Gasteiger charge is 2.17. The Morgan fingerprint density at radius 1 is 1.14 bits per heavy atom. The van der Waals surface area contributed by atoms with E-state index in [2.05, 4.69) is 6.92 Å². The molecular formula is C11H13F3. The van der Waals surface area contributed by atoms with E-state index in [1.807, 2.05) is 0 Å². The highest BCUT2D eigenvalue weighted by atomic mass is 19.2. The minimum absolute atomic E-state index is 0.495. The van der Waals surface area contributed by atoms with Crippen LogP contribution in [-0.2, 0) is 0 Å². The number of halogens is 3. The van der Waals surface area contributed by atoms with Gasteiger partial charge in [-0.15, -0.1) is 0 Å². The molecule has 14 heavy (non-hydrogen) atoms. The largest absolute Gasteiger partial charge is 0.207 e. The molecule has 0 N–H and O–H groups in total. The van der Waals surface area contributed by atoms with Gasteiger partial charge in [-0.3, -0.25) is 0 Å². The van der Waals surface area contributed by atoms with Crippen LogP contribution in [0.15, 0.2) is 18.2 Å². The van der Waals surface area contributed by atoms with Gasteiger partial charge in [0, 0.05) is 6.07 Å². The fourth-order valence-electron chi connectivity index (χ4n) is 0.997. The van der Waals surface area contributed by atoms with Gasteiger partial charge < -0.3 is 0 Å². The summed E-state index contributed by atoms with van der Waals surface area (Å²) in [5.74, 6) is -1.82. The third-order valence-electron chi connectivity index (χ3n) is 2.16. The summed E-state index contributed by atoms with van der Waals surface area (Å²) >= 11 is 0. The van der Waals surface area contributed by atoms with Gasteiger partial charge in [0.2, 0.25) is 0 Å². The van der Waals surface area contributed by atoms with Gasteiger partial charge in [0.1, 0.15) is 5.82 Å². The molecule has 1 aromatic rings. The number of hydrogen-bond donors (Lipinski definition) is 0. The Morgan fingerprint density at radius 3 is 2.07 bits per heavy atom. The molecule has 0 atom stereocenters. The zero-order chi connectivity index (χ0) is 10.6. The molecule has 1 saturated carbocycles. The molecule has 1 aromatic carbocycles. The van der Waals surface area contributed by atoms with Crippen LogP contribution in [0, 0.1) is 23.4 Å². The lowest BCUT2D eigenvalue weighted by molar-refractivity contribution is 0.495. The maximum atomic E-state index is 12.0. The summed E-state index contributed by atoms with van der Waals surface area (Å²) in [7, 11) is 0.